The highest BCUT2D eigenvalue weighted by Crippen LogP contribution is 2.45. The zero-order chi connectivity index (χ0) is 27.6. The minimum atomic E-state index is -4.39. The molecule has 0 saturated carbocycles. The van der Waals surface area contributed by atoms with Crippen LogP contribution in [-0.2, 0) is 11.0 Å². The number of Topliss-reactive ketones (excluding diaryl/α,β-unsaturated/α-hetero) is 1. The summed E-state index contributed by atoms with van der Waals surface area (Å²) in [7, 11) is 0. The highest BCUT2D eigenvalue weighted by Gasteiger charge is 2.40. The number of allylic oxidation sites excluding steroid dienone is 5. The van der Waals surface area contributed by atoms with Crippen molar-refractivity contribution < 1.29 is 22.4 Å². The molecule has 3 aromatic rings. The van der Waals surface area contributed by atoms with E-state index in [0.29, 0.717) is 29.3 Å². The van der Waals surface area contributed by atoms with Crippen LogP contribution in [0.1, 0.15) is 52.9 Å². The van der Waals surface area contributed by atoms with Crippen molar-refractivity contribution in [3.63, 3.8) is 0 Å². The molecule has 2 heterocycles. The number of furan rings is 1. The van der Waals surface area contributed by atoms with E-state index in [0.717, 1.165) is 34.4 Å². The topological polar surface area (TPSA) is 36.2 Å². The summed E-state index contributed by atoms with van der Waals surface area (Å²) in [5.41, 5.74) is 2.90. The third kappa shape index (κ3) is 4.77. The fourth-order valence-electron chi connectivity index (χ4n) is 4.73. The Morgan fingerprint density at radius 2 is 1.42 bits per heavy atom. The molecule has 2 aliphatic rings. The number of hydrogen-bond donors (Lipinski definition) is 0. The summed E-state index contributed by atoms with van der Waals surface area (Å²) in [4.78, 5) is 13.6. The van der Waals surface area contributed by atoms with Gasteiger partial charge in [-0.3, -0.25) is 14.8 Å². The molecule has 0 radical (unpaired) electrons. The standard InChI is InChI=1S/C31H31F3N2O2/c1-29(2,3)23-15-20(16-24(28(23)37)30(4,5)6)27(26-17-19-9-7-8-10-25(19)38-26)36-18-35(36)22-13-11-21(12-14-22)31(32,33)34/h7-17H,18H2,1-6H3. The summed E-state index contributed by atoms with van der Waals surface area (Å²) in [6, 6.07) is 14.8. The fourth-order valence-corrected chi connectivity index (χ4v) is 4.73. The minimum absolute atomic E-state index is 0.0306. The normalized spacial score (nSPS) is 16.7. The molecule has 198 valence electrons. The molecule has 0 spiro atoms. The second-order valence-electron chi connectivity index (χ2n) is 11.9. The van der Waals surface area contributed by atoms with Crippen molar-refractivity contribution in [1.29, 1.82) is 0 Å². The third-order valence-electron chi connectivity index (χ3n) is 6.86. The number of ketones is 1. The van der Waals surface area contributed by atoms with Gasteiger partial charge < -0.3 is 4.42 Å². The summed E-state index contributed by atoms with van der Waals surface area (Å²) in [6.07, 6.45) is -0.526. The number of hydrazine groups is 1. The quantitative estimate of drug-likeness (QED) is 0.325. The molecule has 5 rings (SSSR count). The van der Waals surface area contributed by atoms with Gasteiger partial charge in [-0.2, -0.15) is 13.2 Å². The van der Waals surface area contributed by atoms with Crippen molar-refractivity contribution in [1.82, 2.24) is 5.01 Å². The average molecular weight is 521 g/mol. The maximum Gasteiger partial charge on any atom is 0.416 e. The average Bonchev–Trinajstić information content (AvgIpc) is 3.47. The molecule has 1 aliphatic heterocycles. The Labute approximate surface area is 220 Å². The van der Waals surface area contributed by atoms with Gasteiger partial charge in [0, 0.05) is 22.1 Å². The highest BCUT2D eigenvalue weighted by atomic mass is 19.4. The first-order valence-corrected chi connectivity index (χ1v) is 12.6. The lowest BCUT2D eigenvalue weighted by Crippen LogP contribution is -2.28. The molecule has 4 nitrogen and oxygen atoms in total. The van der Waals surface area contributed by atoms with Crippen molar-refractivity contribution in [3.05, 3.63) is 94.8 Å². The van der Waals surface area contributed by atoms with Gasteiger partial charge in [0.25, 0.3) is 0 Å². The highest BCUT2D eigenvalue weighted by molar-refractivity contribution is 6.12. The molecule has 1 aromatic heterocycles. The molecule has 38 heavy (non-hydrogen) atoms. The molecule has 0 N–H and O–H groups in total. The summed E-state index contributed by atoms with van der Waals surface area (Å²) < 4.78 is 45.6. The van der Waals surface area contributed by atoms with Crippen molar-refractivity contribution in [2.24, 2.45) is 10.8 Å². The SMILES string of the molecule is CC(C)(C)C1=CC(=C(c2cc3ccccc3o2)N2CN2c2ccc(C(F)(F)F)cc2)C=C(C(C)(C)C)C1=O. The van der Waals surface area contributed by atoms with Crippen LogP contribution < -0.4 is 5.01 Å². The van der Waals surface area contributed by atoms with Gasteiger partial charge in [-0.25, -0.2) is 0 Å². The summed E-state index contributed by atoms with van der Waals surface area (Å²) in [6.45, 7) is 12.6. The number of carbonyl (C=O) groups excluding carboxylic acids is 1. The van der Waals surface area contributed by atoms with Crippen LogP contribution in [0.15, 0.2) is 87.9 Å². The van der Waals surface area contributed by atoms with E-state index < -0.39 is 22.6 Å². The summed E-state index contributed by atoms with van der Waals surface area (Å²) >= 11 is 0. The number of benzene rings is 2. The number of carbonyl (C=O) groups is 1. The first-order chi connectivity index (χ1) is 17.6. The minimum Gasteiger partial charge on any atom is -0.454 e. The Hall–Kier alpha value is -3.74. The van der Waals surface area contributed by atoms with Crippen LogP contribution in [0.4, 0.5) is 18.9 Å². The van der Waals surface area contributed by atoms with Crippen molar-refractivity contribution in [3.8, 4) is 0 Å². The van der Waals surface area contributed by atoms with Gasteiger partial charge in [-0.15, -0.1) is 0 Å². The summed E-state index contributed by atoms with van der Waals surface area (Å²) in [5, 5.41) is 4.80. The molecule has 0 atom stereocenters. The zero-order valence-corrected chi connectivity index (χ0v) is 22.4. The maximum atomic E-state index is 13.6. The zero-order valence-electron chi connectivity index (χ0n) is 22.4. The Balaban J connectivity index is 1.68. The van der Waals surface area contributed by atoms with Crippen LogP contribution in [0.3, 0.4) is 0 Å². The van der Waals surface area contributed by atoms with E-state index in [2.05, 4.69) is 0 Å². The van der Waals surface area contributed by atoms with Gasteiger partial charge in [-0.1, -0.05) is 59.7 Å². The van der Waals surface area contributed by atoms with Crippen LogP contribution in [-0.4, -0.2) is 17.5 Å². The Bertz CT molecular complexity index is 1440. The van der Waals surface area contributed by atoms with E-state index in [-0.39, 0.29) is 5.78 Å². The number of anilines is 1. The van der Waals surface area contributed by atoms with Crippen LogP contribution >= 0.6 is 0 Å². The molecule has 2 aromatic carbocycles. The molecule has 0 amide bonds. The van der Waals surface area contributed by atoms with Gasteiger partial charge in [-0.05, 0) is 59.4 Å². The molecule has 7 heteroatoms. The molecule has 0 bridgehead atoms. The maximum absolute atomic E-state index is 13.6. The van der Waals surface area contributed by atoms with E-state index in [4.69, 9.17) is 4.42 Å². The number of alkyl halides is 3. The Morgan fingerprint density at radius 1 is 0.842 bits per heavy atom. The van der Waals surface area contributed by atoms with Crippen LogP contribution in [0, 0.1) is 10.8 Å². The molecule has 1 aliphatic carbocycles. The predicted molar refractivity (Wildman–Crippen MR) is 144 cm³/mol. The van der Waals surface area contributed by atoms with Gasteiger partial charge in [0.15, 0.2) is 11.5 Å². The lowest BCUT2D eigenvalue weighted by molar-refractivity contribution is -0.137. The number of hydrogen-bond acceptors (Lipinski definition) is 4. The Kier molecular flexibility index (Phi) is 5.89. The van der Waals surface area contributed by atoms with Crippen LogP contribution in [0.2, 0.25) is 0 Å². The smallest absolute Gasteiger partial charge is 0.416 e. The van der Waals surface area contributed by atoms with Crippen molar-refractivity contribution >= 4 is 28.1 Å². The number of rotatable bonds is 3. The van der Waals surface area contributed by atoms with Crippen LogP contribution in [0.5, 0.6) is 0 Å². The lowest BCUT2D eigenvalue weighted by atomic mass is 9.71. The van der Waals surface area contributed by atoms with Gasteiger partial charge in [0.05, 0.1) is 11.3 Å². The Morgan fingerprint density at radius 3 is 1.95 bits per heavy atom. The number of fused-ring (bicyclic) bond motifs is 1. The van der Waals surface area contributed by atoms with E-state index in [1.54, 1.807) is 0 Å². The number of halogens is 3. The van der Waals surface area contributed by atoms with Crippen molar-refractivity contribution in [2.45, 2.75) is 47.7 Å². The predicted octanol–water partition coefficient (Wildman–Crippen LogP) is 8.39. The van der Waals surface area contributed by atoms with E-state index in [1.807, 2.05) is 94.0 Å². The summed E-state index contributed by atoms with van der Waals surface area (Å²) in [5.74, 6) is 0.655. The molecular weight excluding hydrogens is 489 g/mol. The first-order valence-electron chi connectivity index (χ1n) is 12.6. The number of para-hydroxylation sites is 1. The van der Waals surface area contributed by atoms with Gasteiger partial charge >= 0.3 is 6.18 Å². The molecule has 1 saturated heterocycles. The van der Waals surface area contributed by atoms with E-state index in [1.165, 1.54) is 12.1 Å². The van der Waals surface area contributed by atoms with Gasteiger partial charge in [0.1, 0.15) is 17.9 Å². The largest absolute Gasteiger partial charge is 0.454 e. The van der Waals surface area contributed by atoms with E-state index in [9.17, 15) is 18.0 Å². The molecular formula is C31H31F3N2O2. The first kappa shape index (κ1) is 25.9. The second-order valence-corrected chi connectivity index (χ2v) is 11.9. The fraction of sp³-hybridized carbons (Fsp3) is 0.323. The van der Waals surface area contributed by atoms with Crippen molar-refractivity contribution in [2.75, 3.05) is 11.7 Å². The van der Waals surface area contributed by atoms with Gasteiger partial charge in [0.2, 0.25) is 0 Å². The lowest BCUT2D eigenvalue weighted by Gasteiger charge is -2.32. The number of nitrogens with zero attached hydrogens (tertiary/aromatic N) is 2. The molecule has 1 fully saturated rings. The second kappa shape index (κ2) is 8.65. The molecule has 0 unspecified atom stereocenters. The third-order valence-corrected chi connectivity index (χ3v) is 6.86. The van der Waals surface area contributed by atoms with Crippen LogP contribution in [0.25, 0.3) is 16.7 Å². The monoisotopic (exact) mass is 520 g/mol. The van der Waals surface area contributed by atoms with E-state index >= 15 is 0 Å².